The number of carbonyl (C=O) groups excluding carboxylic acids is 2. The Balaban J connectivity index is 1.70. The van der Waals surface area contributed by atoms with Gasteiger partial charge in [0.25, 0.3) is 5.56 Å². The number of nitrogens with zero attached hydrogens (tertiary/aromatic N) is 2. The summed E-state index contributed by atoms with van der Waals surface area (Å²) in [7, 11) is 0. The molecule has 0 aliphatic carbocycles. The molecule has 1 aromatic heterocycles. The highest BCUT2D eigenvalue weighted by molar-refractivity contribution is 7.71. The van der Waals surface area contributed by atoms with E-state index in [9.17, 15) is 19.6 Å². The molecule has 0 bridgehead atoms. The number of ether oxygens (including phenoxy) is 2. The first-order chi connectivity index (χ1) is 18.5. The molecule has 0 radical (unpaired) electrons. The minimum absolute atomic E-state index is 0.0332. The number of aromatic amines is 2. The van der Waals surface area contributed by atoms with Crippen LogP contribution in [0.1, 0.15) is 60.2 Å². The van der Waals surface area contributed by atoms with Gasteiger partial charge in [-0.2, -0.15) is 5.26 Å². The average molecular weight is 542 g/mol. The molecule has 4 heterocycles. The first-order valence-electron chi connectivity index (χ1n) is 12.3. The summed E-state index contributed by atoms with van der Waals surface area (Å²) in [4.78, 5) is 48.1. The highest BCUT2D eigenvalue weighted by atomic mass is 32.1. The van der Waals surface area contributed by atoms with Gasteiger partial charge in [0, 0.05) is 11.1 Å². The fraction of sp³-hybridized carbons (Fsp3) is 0.250. The third-order valence-corrected chi connectivity index (χ3v) is 7.86. The van der Waals surface area contributed by atoms with E-state index in [1.807, 2.05) is 26.8 Å². The Morgan fingerprint density at radius 1 is 1.23 bits per heavy atom. The molecule has 11 heteroatoms. The fourth-order valence-electron chi connectivity index (χ4n) is 6.23. The van der Waals surface area contributed by atoms with Gasteiger partial charge < -0.3 is 25.1 Å². The Bertz CT molecular complexity index is 1800. The van der Waals surface area contributed by atoms with Crippen molar-refractivity contribution in [3.05, 3.63) is 91.3 Å². The number of anilines is 1. The topological polar surface area (TPSA) is 154 Å². The minimum atomic E-state index is -1.96. The molecule has 2 atom stereocenters. The van der Waals surface area contributed by atoms with Crippen molar-refractivity contribution < 1.29 is 19.1 Å². The molecule has 0 unspecified atom stereocenters. The van der Waals surface area contributed by atoms with E-state index in [-0.39, 0.29) is 39.3 Å². The van der Waals surface area contributed by atoms with Gasteiger partial charge in [-0.15, -0.1) is 0 Å². The maximum atomic E-state index is 14.7. The third-order valence-electron chi connectivity index (χ3n) is 7.65. The summed E-state index contributed by atoms with van der Waals surface area (Å²) in [5.41, 5.74) is 4.46. The van der Waals surface area contributed by atoms with Crippen molar-refractivity contribution in [2.24, 2.45) is 5.73 Å². The standard InChI is InChI=1S/C28H23N5O5S/c1-13-11-27(2,3)33-20-16(13)9-15(37-24(35)14-7-5-4-6-8-14)10-17(20)28(25(33)36)18(12-29)21(30)38-23-19(28)22(34)31-26(39)32-23/h4-10,13H,11,30H2,1-3H3,(H2,31,32,34,39)/t13-,28+/m0/s1. The summed E-state index contributed by atoms with van der Waals surface area (Å²) < 4.78 is 11.4. The van der Waals surface area contributed by atoms with Crippen molar-refractivity contribution in [1.82, 2.24) is 9.97 Å². The summed E-state index contributed by atoms with van der Waals surface area (Å²) in [5, 5.41) is 10.3. The third kappa shape index (κ3) is 3.25. The monoisotopic (exact) mass is 541 g/mol. The fourth-order valence-corrected chi connectivity index (χ4v) is 6.41. The van der Waals surface area contributed by atoms with E-state index in [4.69, 9.17) is 27.4 Å². The molecule has 1 amide bonds. The number of rotatable bonds is 2. The second-order valence-electron chi connectivity index (χ2n) is 10.5. The highest BCUT2D eigenvalue weighted by Gasteiger charge is 2.64. The van der Waals surface area contributed by atoms with Gasteiger partial charge in [0.05, 0.1) is 11.3 Å². The van der Waals surface area contributed by atoms with E-state index in [1.54, 1.807) is 41.3 Å². The van der Waals surface area contributed by atoms with E-state index in [1.165, 1.54) is 6.07 Å². The molecule has 39 heavy (non-hydrogen) atoms. The smallest absolute Gasteiger partial charge is 0.343 e. The number of hydrogen-bond donors (Lipinski definition) is 3. The van der Waals surface area contributed by atoms with Crippen molar-refractivity contribution in [1.29, 1.82) is 5.26 Å². The maximum Gasteiger partial charge on any atom is 0.343 e. The lowest BCUT2D eigenvalue weighted by Crippen LogP contribution is -2.55. The van der Waals surface area contributed by atoms with Crippen LogP contribution >= 0.6 is 12.2 Å². The van der Waals surface area contributed by atoms with Crippen LogP contribution in [0.2, 0.25) is 0 Å². The van der Waals surface area contributed by atoms with Crippen molar-refractivity contribution in [3.8, 4) is 17.7 Å². The maximum absolute atomic E-state index is 14.7. The van der Waals surface area contributed by atoms with E-state index in [0.29, 0.717) is 23.2 Å². The van der Waals surface area contributed by atoms with Crippen LogP contribution in [0.4, 0.5) is 5.69 Å². The van der Waals surface area contributed by atoms with Crippen LogP contribution in [-0.4, -0.2) is 27.4 Å². The molecular weight excluding hydrogens is 518 g/mol. The molecule has 0 fully saturated rings. The molecule has 0 saturated carbocycles. The number of fused-ring (bicyclic) bond motifs is 3. The summed E-state index contributed by atoms with van der Waals surface area (Å²) in [5.74, 6) is -1.45. The van der Waals surface area contributed by atoms with Crippen LogP contribution < -0.4 is 25.7 Å². The molecule has 3 aromatic rings. The number of carbonyl (C=O) groups is 2. The first-order valence-corrected chi connectivity index (χ1v) is 12.7. The molecule has 3 aliphatic rings. The first kappa shape index (κ1) is 24.6. The molecule has 6 rings (SSSR count). The number of hydrogen-bond acceptors (Lipinski definition) is 8. The van der Waals surface area contributed by atoms with Crippen LogP contribution in [0.25, 0.3) is 0 Å². The lowest BCUT2D eigenvalue weighted by molar-refractivity contribution is -0.122. The molecule has 10 nitrogen and oxygen atoms in total. The predicted molar refractivity (Wildman–Crippen MR) is 143 cm³/mol. The molecule has 4 N–H and O–H groups in total. The quantitative estimate of drug-likeness (QED) is 0.252. The number of nitriles is 1. The minimum Gasteiger partial charge on any atom is -0.424 e. The largest absolute Gasteiger partial charge is 0.424 e. The van der Waals surface area contributed by atoms with E-state index in [0.717, 1.165) is 5.56 Å². The number of benzene rings is 2. The van der Waals surface area contributed by atoms with Crippen LogP contribution in [0, 0.1) is 16.1 Å². The number of H-pyrrole nitrogens is 2. The normalized spacial score (nSPS) is 22.2. The Morgan fingerprint density at radius 3 is 2.64 bits per heavy atom. The molecular formula is C28H23N5O5S. The summed E-state index contributed by atoms with van der Waals surface area (Å²) in [6, 6.07) is 13.8. The van der Waals surface area contributed by atoms with Gasteiger partial charge in [-0.25, -0.2) is 4.79 Å². The lowest BCUT2D eigenvalue weighted by Gasteiger charge is -2.44. The van der Waals surface area contributed by atoms with Crippen molar-refractivity contribution in [2.75, 3.05) is 4.90 Å². The number of esters is 1. The Kier molecular flexibility index (Phi) is 5.15. The molecule has 1 spiro atoms. The summed E-state index contributed by atoms with van der Waals surface area (Å²) in [6.45, 7) is 5.88. The molecule has 3 aliphatic heterocycles. The van der Waals surface area contributed by atoms with E-state index >= 15 is 0 Å². The Labute approximate surface area is 227 Å². The van der Waals surface area contributed by atoms with Gasteiger partial charge in [-0.1, -0.05) is 25.1 Å². The average Bonchev–Trinajstić information content (AvgIpc) is 3.12. The van der Waals surface area contributed by atoms with E-state index < -0.39 is 28.4 Å². The molecule has 0 saturated heterocycles. The predicted octanol–water partition coefficient (Wildman–Crippen LogP) is 3.66. The van der Waals surface area contributed by atoms with Crippen molar-refractivity contribution >= 4 is 29.8 Å². The Hall–Kier alpha value is -4.69. The van der Waals surface area contributed by atoms with Crippen LogP contribution in [0.3, 0.4) is 0 Å². The summed E-state index contributed by atoms with van der Waals surface area (Å²) in [6.07, 6.45) is 0.579. The van der Waals surface area contributed by atoms with Gasteiger partial charge in [0.15, 0.2) is 10.2 Å². The van der Waals surface area contributed by atoms with Crippen LogP contribution in [-0.2, 0) is 10.2 Å². The molecule has 2 aromatic carbocycles. The number of nitrogens with two attached hydrogens (primary N) is 1. The van der Waals surface area contributed by atoms with Gasteiger partial charge in [0.2, 0.25) is 17.7 Å². The zero-order valence-electron chi connectivity index (χ0n) is 21.2. The van der Waals surface area contributed by atoms with Crippen molar-refractivity contribution in [3.63, 3.8) is 0 Å². The Morgan fingerprint density at radius 2 is 1.95 bits per heavy atom. The van der Waals surface area contributed by atoms with E-state index in [2.05, 4.69) is 9.97 Å². The lowest BCUT2D eigenvalue weighted by atomic mass is 9.69. The van der Waals surface area contributed by atoms with Gasteiger partial charge in [-0.05, 0) is 68.2 Å². The zero-order chi connectivity index (χ0) is 27.9. The van der Waals surface area contributed by atoms with Gasteiger partial charge >= 0.3 is 5.97 Å². The number of amides is 1. The van der Waals surface area contributed by atoms with Crippen LogP contribution in [0.15, 0.2) is 58.7 Å². The van der Waals surface area contributed by atoms with Gasteiger partial charge in [0.1, 0.15) is 23.0 Å². The highest BCUT2D eigenvalue weighted by Crippen LogP contribution is 2.60. The zero-order valence-corrected chi connectivity index (χ0v) is 22.1. The van der Waals surface area contributed by atoms with Crippen molar-refractivity contribution in [2.45, 2.75) is 44.1 Å². The SMILES string of the molecule is C[C@H]1CC(C)(C)N2C(=O)[C@@]3(C(C#N)=C(N)Oc4[nH]c(=S)[nH]c(=O)c43)c3cc(OC(=O)c4ccccc4)cc1c32. The van der Waals surface area contributed by atoms with Crippen LogP contribution in [0.5, 0.6) is 11.6 Å². The molecule has 196 valence electrons. The second kappa shape index (κ2) is 8.15. The van der Waals surface area contributed by atoms with Gasteiger partial charge in [-0.3, -0.25) is 14.6 Å². The second-order valence-corrected chi connectivity index (χ2v) is 10.9. The number of nitrogens with one attached hydrogen (secondary N) is 2. The summed E-state index contributed by atoms with van der Waals surface area (Å²) >= 11 is 5.13. The number of aromatic nitrogens is 2.